The molecule has 206 valence electrons. The molecule has 5 aliphatic rings. The van der Waals surface area contributed by atoms with Gasteiger partial charge >= 0.3 is 0 Å². The van der Waals surface area contributed by atoms with Crippen LogP contribution in [0.25, 0.3) is 0 Å². The lowest BCUT2D eigenvalue weighted by atomic mass is 9.47. The molecule has 4 fully saturated rings. The molecule has 2 unspecified atom stereocenters. The van der Waals surface area contributed by atoms with Gasteiger partial charge in [-0.15, -0.1) is 0 Å². The van der Waals surface area contributed by atoms with Crippen molar-refractivity contribution in [3.8, 4) is 0 Å². The molecule has 3 nitrogen and oxygen atoms in total. The maximum absolute atomic E-state index is 6.47. The molecule has 1 saturated heterocycles. The van der Waals surface area contributed by atoms with E-state index in [0.717, 1.165) is 75.0 Å². The Morgan fingerprint density at radius 1 is 1.00 bits per heavy atom. The van der Waals surface area contributed by atoms with Crippen molar-refractivity contribution in [3.63, 3.8) is 0 Å². The smallest absolute Gasteiger partial charge is 0.0613 e. The van der Waals surface area contributed by atoms with Gasteiger partial charge in [-0.3, -0.25) is 4.90 Å². The van der Waals surface area contributed by atoms with E-state index in [9.17, 15) is 0 Å². The predicted molar refractivity (Wildman–Crippen MR) is 150 cm³/mol. The summed E-state index contributed by atoms with van der Waals surface area (Å²) < 4.78 is 12.0. The van der Waals surface area contributed by atoms with Crippen LogP contribution in [0.5, 0.6) is 0 Å². The van der Waals surface area contributed by atoms with Crippen molar-refractivity contribution in [1.29, 1.82) is 0 Å². The summed E-state index contributed by atoms with van der Waals surface area (Å²) in [5, 5.41) is 0. The first-order valence-electron chi connectivity index (χ1n) is 15.9. The quantitative estimate of drug-likeness (QED) is 0.303. The molecule has 3 heteroatoms. The number of ether oxygens (including phenoxy) is 2. The number of hydrogen-bond acceptors (Lipinski definition) is 3. The van der Waals surface area contributed by atoms with Gasteiger partial charge in [-0.25, -0.2) is 0 Å². The van der Waals surface area contributed by atoms with Gasteiger partial charge in [0, 0.05) is 19.6 Å². The van der Waals surface area contributed by atoms with E-state index in [1.807, 2.05) is 0 Å². The molecule has 0 N–H and O–H groups in total. The summed E-state index contributed by atoms with van der Waals surface area (Å²) in [6.07, 6.45) is 18.6. The second-order valence-electron chi connectivity index (χ2n) is 14.5. The van der Waals surface area contributed by atoms with Gasteiger partial charge in [-0.2, -0.15) is 0 Å². The van der Waals surface area contributed by atoms with Gasteiger partial charge < -0.3 is 9.47 Å². The monoisotopic (exact) mass is 499 g/mol. The Hall–Kier alpha value is -0.380. The second-order valence-corrected chi connectivity index (χ2v) is 14.5. The number of fused-ring (bicyclic) bond motifs is 5. The highest BCUT2D eigenvalue weighted by Gasteiger charge is 2.59. The normalized spacial score (nSPS) is 41.9. The predicted octanol–water partition coefficient (Wildman–Crippen LogP) is 7.75. The van der Waals surface area contributed by atoms with Crippen molar-refractivity contribution in [2.24, 2.45) is 46.3 Å². The van der Waals surface area contributed by atoms with Crippen LogP contribution in [0.2, 0.25) is 0 Å². The zero-order valence-electron chi connectivity index (χ0n) is 24.4. The van der Waals surface area contributed by atoms with Gasteiger partial charge in [0.25, 0.3) is 0 Å². The van der Waals surface area contributed by atoms with Gasteiger partial charge in [-0.1, -0.05) is 65.5 Å². The zero-order valence-corrected chi connectivity index (χ0v) is 24.4. The Bertz CT molecular complexity index is 757. The van der Waals surface area contributed by atoms with E-state index in [4.69, 9.17) is 9.47 Å². The number of hydrogen-bond donors (Lipinski definition) is 0. The van der Waals surface area contributed by atoms with Gasteiger partial charge in [0.15, 0.2) is 0 Å². The summed E-state index contributed by atoms with van der Waals surface area (Å²) >= 11 is 0. The van der Waals surface area contributed by atoms with E-state index in [1.54, 1.807) is 5.57 Å². The van der Waals surface area contributed by atoms with Crippen molar-refractivity contribution in [1.82, 2.24) is 4.90 Å². The molecule has 3 saturated carbocycles. The Labute approximate surface area is 223 Å². The average Bonchev–Trinajstić information content (AvgIpc) is 3.22. The largest absolute Gasteiger partial charge is 0.379 e. The SMILES string of the molecule is CC(C)CCC[C@@H](C)[C@H]1CCC2[C@@H]3CC=C4C[C@@H](OCCN5CCOCC5)CC[C@]4(C)C3CC[C@@]21C. The number of rotatable bonds is 9. The van der Waals surface area contributed by atoms with Gasteiger partial charge in [0.1, 0.15) is 0 Å². The summed E-state index contributed by atoms with van der Waals surface area (Å²) in [6, 6.07) is 0. The molecular formula is C33H57NO2. The van der Waals surface area contributed by atoms with Crippen LogP contribution in [0, 0.1) is 46.3 Å². The minimum Gasteiger partial charge on any atom is -0.379 e. The highest BCUT2D eigenvalue weighted by molar-refractivity contribution is 5.25. The van der Waals surface area contributed by atoms with Crippen LogP contribution >= 0.6 is 0 Å². The van der Waals surface area contributed by atoms with Crippen LogP contribution in [0.3, 0.4) is 0 Å². The first-order chi connectivity index (χ1) is 17.3. The fourth-order valence-electron chi connectivity index (χ4n) is 9.97. The second kappa shape index (κ2) is 11.4. The van der Waals surface area contributed by atoms with E-state index in [-0.39, 0.29) is 0 Å². The van der Waals surface area contributed by atoms with Crippen molar-refractivity contribution >= 4 is 0 Å². The summed E-state index contributed by atoms with van der Waals surface area (Å²) in [6.45, 7) is 18.6. The molecule has 0 aromatic rings. The highest BCUT2D eigenvalue weighted by atomic mass is 16.5. The standard InChI is InChI=1S/C33H57NO2/c1-24(2)7-6-8-25(3)29-11-12-30-28-10-9-26-23-27(36-22-19-34-17-20-35-21-18-34)13-15-32(26,4)31(28)14-16-33(29,30)5/h9,24-25,27-31H,6-8,10-23H2,1-5H3/t25-,27+,28+,29-,30?,31?,32+,33-/m1/s1. The minimum absolute atomic E-state index is 0.440. The van der Waals surface area contributed by atoms with Crippen molar-refractivity contribution < 1.29 is 9.47 Å². The fraction of sp³-hybridized carbons (Fsp3) is 0.939. The number of allylic oxidation sites excluding steroid dienone is 1. The van der Waals surface area contributed by atoms with E-state index < -0.39 is 0 Å². The molecule has 36 heavy (non-hydrogen) atoms. The van der Waals surface area contributed by atoms with Crippen LogP contribution in [-0.2, 0) is 9.47 Å². The number of nitrogens with zero attached hydrogens (tertiary/aromatic N) is 1. The van der Waals surface area contributed by atoms with Crippen LogP contribution in [0.15, 0.2) is 11.6 Å². The highest BCUT2D eigenvalue weighted by Crippen LogP contribution is 2.67. The molecular weight excluding hydrogens is 442 g/mol. The van der Waals surface area contributed by atoms with Crippen LogP contribution in [0.1, 0.15) is 105 Å². The van der Waals surface area contributed by atoms with Crippen molar-refractivity contribution in [3.05, 3.63) is 11.6 Å². The van der Waals surface area contributed by atoms with Gasteiger partial charge in [0.2, 0.25) is 0 Å². The molecule has 1 heterocycles. The maximum Gasteiger partial charge on any atom is 0.0613 e. The molecule has 0 radical (unpaired) electrons. The molecule has 0 aromatic heterocycles. The summed E-state index contributed by atoms with van der Waals surface area (Å²) in [5.41, 5.74) is 2.81. The summed E-state index contributed by atoms with van der Waals surface area (Å²) in [4.78, 5) is 2.50. The molecule has 8 atom stereocenters. The van der Waals surface area contributed by atoms with Gasteiger partial charge in [0.05, 0.1) is 25.9 Å². The lowest BCUT2D eigenvalue weighted by Crippen LogP contribution is -2.51. The fourth-order valence-corrected chi connectivity index (χ4v) is 9.97. The molecule has 5 rings (SSSR count). The Balaban J connectivity index is 1.18. The Morgan fingerprint density at radius 2 is 1.81 bits per heavy atom. The summed E-state index contributed by atoms with van der Waals surface area (Å²) in [7, 11) is 0. The summed E-state index contributed by atoms with van der Waals surface area (Å²) in [5.74, 6) is 5.54. The lowest BCUT2D eigenvalue weighted by molar-refractivity contribution is -0.0661. The Morgan fingerprint density at radius 3 is 2.58 bits per heavy atom. The molecule has 0 amide bonds. The minimum atomic E-state index is 0.440. The van der Waals surface area contributed by atoms with E-state index in [2.05, 4.69) is 45.6 Å². The Kier molecular flexibility index (Phi) is 8.60. The molecule has 1 aliphatic heterocycles. The molecule has 0 bridgehead atoms. The molecule has 0 aromatic carbocycles. The molecule has 0 spiro atoms. The lowest BCUT2D eigenvalue weighted by Gasteiger charge is -2.58. The first-order valence-corrected chi connectivity index (χ1v) is 15.9. The third kappa shape index (κ3) is 5.37. The van der Waals surface area contributed by atoms with Crippen LogP contribution < -0.4 is 0 Å². The van der Waals surface area contributed by atoms with Crippen molar-refractivity contribution in [2.45, 2.75) is 111 Å². The molecule has 4 aliphatic carbocycles. The van der Waals surface area contributed by atoms with Crippen LogP contribution in [0.4, 0.5) is 0 Å². The maximum atomic E-state index is 6.47. The first kappa shape index (κ1) is 27.2. The third-order valence-electron chi connectivity index (χ3n) is 12.1. The van der Waals surface area contributed by atoms with E-state index >= 15 is 0 Å². The third-order valence-corrected chi connectivity index (χ3v) is 12.1. The van der Waals surface area contributed by atoms with E-state index in [1.165, 1.54) is 70.6 Å². The number of morpholine rings is 1. The topological polar surface area (TPSA) is 21.7 Å². The van der Waals surface area contributed by atoms with Gasteiger partial charge in [-0.05, 0) is 97.7 Å². The van der Waals surface area contributed by atoms with Crippen LogP contribution in [-0.4, -0.2) is 50.5 Å². The van der Waals surface area contributed by atoms with E-state index in [0.29, 0.717) is 16.9 Å². The van der Waals surface area contributed by atoms with Crippen molar-refractivity contribution in [2.75, 3.05) is 39.5 Å². The average molecular weight is 500 g/mol. The zero-order chi connectivity index (χ0) is 25.3.